The van der Waals surface area contributed by atoms with Gasteiger partial charge in [-0.2, -0.15) is 0 Å². The quantitative estimate of drug-likeness (QED) is 0.872. The molecule has 0 spiro atoms. The molecule has 0 atom stereocenters. The van der Waals surface area contributed by atoms with Crippen molar-refractivity contribution in [3.8, 4) is 0 Å². The van der Waals surface area contributed by atoms with Gasteiger partial charge in [0.1, 0.15) is 0 Å². The second kappa shape index (κ2) is 6.28. The van der Waals surface area contributed by atoms with E-state index in [2.05, 4.69) is 47.2 Å². The molecule has 1 aromatic rings. The molecule has 0 heterocycles. The van der Waals surface area contributed by atoms with Crippen molar-refractivity contribution in [3.63, 3.8) is 0 Å². The Labute approximate surface area is 94.5 Å². The molecule has 3 heteroatoms. The summed E-state index contributed by atoms with van der Waals surface area (Å²) in [7, 11) is 0. The highest BCUT2D eigenvalue weighted by Crippen LogP contribution is 2.14. The van der Waals surface area contributed by atoms with Crippen molar-refractivity contribution in [2.24, 2.45) is 5.92 Å². The number of hydrogen-bond acceptors (Lipinski definition) is 1. The molecule has 74 valence electrons. The smallest absolute Gasteiger partial charge is 0.0341 e. The number of anilines is 1. The van der Waals surface area contributed by atoms with Gasteiger partial charge in [0.25, 0.3) is 0 Å². The van der Waals surface area contributed by atoms with Gasteiger partial charge in [-0.05, 0) is 30.2 Å². The van der Waals surface area contributed by atoms with Gasteiger partial charge in [-0.15, -0.1) is 12.4 Å². The normalized spacial score (nSPS) is 9.54. The van der Waals surface area contributed by atoms with E-state index in [1.807, 2.05) is 12.1 Å². The zero-order valence-electron chi connectivity index (χ0n) is 7.88. The SMILES string of the molecule is CC(C)CNc1ccc(Br)cc1.Cl. The molecule has 0 unspecified atom stereocenters. The van der Waals surface area contributed by atoms with Crippen molar-refractivity contribution >= 4 is 34.0 Å². The zero-order chi connectivity index (χ0) is 8.97. The lowest BCUT2D eigenvalue weighted by Crippen LogP contribution is -2.07. The van der Waals surface area contributed by atoms with Crippen LogP contribution in [0.4, 0.5) is 5.69 Å². The summed E-state index contributed by atoms with van der Waals surface area (Å²) in [6.45, 7) is 5.43. The molecule has 1 nitrogen and oxygen atoms in total. The van der Waals surface area contributed by atoms with Gasteiger partial charge >= 0.3 is 0 Å². The van der Waals surface area contributed by atoms with Crippen LogP contribution in [-0.2, 0) is 0 Å². The number of halogens is 2. The third-order valence-corrected chi connectivity index (χ3v) is 2.09. The fourth-order valence-electron chi connectivity index (χ4n) is 0.890. The molecule has 0 bridgehead atoms. The lowest BCUT2D eigenvalue weighted by molar-refractivity contribution is 0.689. The van der Waals surface area contributed by atoms with Gasteiger partial charge in [-0.1, -0.05) is 29.8 Å². The third-order valence-electron chi connectivity index (χ3n) is 1.56. The van der Waals surface area contributed by atoms with Crippen LogP contribution in [0.5, 0.6) is 0 Å². The second-order valence-electron chi connectivity index (χ2n) is 3.28. The zero-order valence-corrected chi connectivity index (χ0v) is 10.3. The molecule has 0 saturated carbocycles. The molecular formula is C10H15BrClN. The lowest BCUT2D eigenvalue weighted by atomic mass is 10.2. The minimum atomic E-state index is 0. The number of nitrogens with one attached hydrogen (secondary N) is 1. The summed E-state index contributed by atoms with van der Waals surface area (Å²) in [4.78, 5) is 0. The molecule has 0 saturated heterocycles. The molecule has 1 aromatic carbocycles. The van der Waals surface area contributed by atoms with Gasteiger partial charge in [-0.3, -0.25) is 0 Å². The van der Waals surface area contributed by atoms with E-state index >= 15 is 0 Å². The molecule has 0 fully saturated rings. The number of rotatable bonds is 3. The van der Waals surface area contributed by atoms with Crippen LogP contribution < -0.4 is 5.32 Å². The maximum absolute atomic E-state index is 3.40. The first-order valence-corrected chi connectivity index (χ1v) is 4.97. The Hall–Kier alpha value is -0.210. The Balaban J connectivity index is 0.00000144. The molecule has 0 aliphatic heterocycles. The van der Waals surface area contributed by atoms with E-state index in [0.717, 1.165) is 11.0 Å². The van der Waals surface area contributed by atoms with Gasteiger partial charge in [0.15, 0.2) is 0 Å². The summed E-state index contributed by atoms with van der Waals surface area (Å²) in [6, 6.07) is 8.24. The fraction of sp³-hybridized carbons (Fsp3) is 0.400. The monoisotopic (exact) mass is 263 g/mol. The Morgan fingerprint density at radius 2 is 1.77 bits per heavy atom. The van der Waals surface area contributed by atoms with Gasteiger partial charge in [0.2, 0.25) is 0 Å². The predicted octanol–water partition coefficient (Wildman–Crippen LogP) is 3.94. The fourth-order valence-corrected chi connectivity index (χ4v) is 1.15. The maximum Gasteiger partial charge on any atom is 0.0341 e. The van der Waals surface area contributed by atoms with Gasteiger partial charge in [0, 0.05) is 16.7 Å². The topological polar surface area (TPSA) is 12.0 Å². The molecule has 0 amide bonds. The van der Waals surface area contributed by atoms with Gasteiger partial charge < -0.3 is 5.32 Å². The van der Waals surface area contributed by atoms with E-state index in [9.17, 15) is 0 Å². The molecule has 0 aliphatic rings. The summed E-state index contributed by atoms with van der Waals surface area (Å²) >= 11 is 3.40. The maximum atomic E-state index is 3.40. The van der Waals surface area contributed by atoms with Crippen molar-refractivity contribution in [2.75, 3.05) is 11.9 Å². The first-order valence-electron chi connectivity index (χ1n) is 4.18. The van der Waals surface area contributed by atoms with E-state index < -0.39 is 0 Å². The highest BCUT2D eigenvalue weighted by Gasteiger charge is 1.93. The molecule has 0 aliphatic carbocycles. The Morgan fingerprint density at radius 3 is 2.23 bits per heavy atom. The van der Waals surface area contributed by atoms with Crippen molar-refractivity contribution in [1.29, 1.82) is 0 Å². The molecule has 1 N–H and O–H groups in total. The second-order valence-corrected chi connectivity index (χ2v) is 4.20. The van der Waals surface area contributed by atoms with Crippen molar-refractivity contribution in [1.82, 2.24) is 0 Å². The van der Waals surface area contributed by atoms with Crippen molar-refractivity contribution in [2.45, 2.75) is 13.8 Å². The highest BCUT2D eigenvalue weighted by molar-refractivity contribution is 9.10. The van der Waals surface area contributed by atoms with Crippen molar-refractivity contribution < 1.29 is 0 Å². The first-order chi connectivity index (χ1) is 5.68. The van der Waals surface area contributed by atoms with E-state index in [1.54, 1.807) is 0 Å². The third kappa shape index (κ3) is 5.17. The average Bonchev–Trinajstić information content (AvgIpc) is 2.03. The van der Waals surface area contributed by atoms with Crippen LogP contribution in [0.3, 0.4) is 0 Å². The van der Waals surface area contributed by atoms with Crippen LogP contribution in [0.25, 0.3) is 0 Å². The number of hydrogen-bond donors (Lipinski definition) is 1. The van der Waals surface area contributed by atoms with E-state index in [1.165, 1.54) is 5.69 Å². The van der Waals surface area contributed by atoms with Crippen LogP contribution in [0.2, 0.25) is 0 Å². The van der Waals surface area contributed by atoms with E-state index in [4.69, 9.17) is 0 Å². The Bertz CT molecular complexity index is 233. The van der Waals surface area contributed by atoms with Gasteiger partial charge in [-0.25, -0.2) is 0 Å². The van der Waals surface area contributed by atoms with Crippen LogP contribution in [-0.4, -0.2) is 6.54 Å². The van der Waals surface area contributed by atoms with Crippen LogP contribution in [0.1, 0.15) is 13.8 Å². The highest BCUT2D eigenvalue weighted by atomic mass is 79.9. The summed E-state index contributed by atoms with van der Waals surface area (Å²) in [5.41, 5.74) is 1.19. The minimum Gasteiger partial charge on any atom is -0.385 e. The summed E-state index contributed by atoms with van der Waals surface area (Å²) in [6.07, 6.45) is 0. The van der Waals surface area contributed by atoms with Crippen LogP contribution >= 0.6 is 28.3 Å². The largest absolute Gasteiger partial charge is 0.385 e. The summed E-state index contributed by atoms with van der Waals surface area (Å²) in [5.74, 6) is 0.689. The minimum absolute atomic E-state index is 0. The average molecular weight is 265 g/mol. The van der Waals surface area contributed by atoms with Crippen LogP contribution in [0.15, 0.2) is 28.7 Å². The van der Waals surface area contributed by atoms with E-state index in [-0.39, 0.29) is 12.4 Å². The standard InChI is InChI=1S/C10H14BrN.ClH/c1-8(2)7-12-10-5-3-9(11)4-6-10;/h3-6,8,12H,7H2,1-2H3;1H. The molecule has 1 rings (SSSR count). The molecule has 0 radical (unpaired) electrons. The molecule has 13 heavy (non-hydrogen) atoms. The predicted molar refractivity (Wildman–Crippen MR) is 64.7 cm³/mol. The summed E-state index contributed by atoms with van der Waals surface area (Å²) < 4.78 is 1.12. The Kier molecular flexibility index (Phi) is 6.17. The molecule has 0 aromatic heterocycles. The summed E-state index contributed by atoms with van der Waals surface area (Å²) in [5, 5.41) is 3.35. The van der Waals surface area contributed by atoms with Crippen LogP contribution in [0, 0.1) is 5.92 Å². The van der Waals surface area contributed by atoms with E-state index in [0.29, 0.717) is 5.92 Å². The van der Waals surface area contributed by atoms with Gasteiger partial charge in [0.05, 0.1) is 0 Å². The number of benzene rings is 1. The van der Waals surface area contributed by atoms with Crippen molar-refractivity contribution in [3.05, 3.63) is 28.7 Å². The first kappa shape index (κ1) is 12.8. The molecular weight excluding hydrogens is 249 g/mol. The Morgan fingerprint density at radius 1 is 1.23 bits per heavy atom. The lowest BCUT2D eigenvalue weighted by Gasteiger charge is -2.08.